The second kappa shape index (κ2) is 7.25. The Bertz CT molecular complexity index is 764. The second-order valence-corrected chi connectivity index (χ2v) is 6.30. The van der Waals surface area contributed by atoms with Gasteiger partial charge in [-0.25, -0.2) is 0 Å². The van der Waals surface area contributed by atoms with Crippen LogP contribution >= 0.6 is 0 Å². The molecule has 138 valence electrons. The molecule has 8 heteroatoms. The van der Waals surface area contributed by atoms with Crippen LogP contribution in [0.4, 0.5) is 5.69 Å². The number of rotatable bonds is 5. The van der Waals surface area contributed by atoms with E-state index in [0.717, 1.165) is 19.6 Å². The van der Waals surface area contributed by atoms with Crippen molar-refractivity contribution in [2.75, 3.05) is 39.3 Å². The van der Waals surface area contributed by atoms with Crippen molar-refractivity contribution >= 4 is 23.1 Å². The van der Waals surface area contributed by atoms with Crippen molar-refractivity contribution < 1.29 is 14.5 Å². The maximum Gasteiger partial charge on any atom is 0.277 e. The molecule has 1 fully saturated rings. The van der Waals surface area contributed by atoms with Crippen LogP contribution in [0.2, 0.25) is 0 Å². The summed E-state index contributed by atoms with van der Waals surface area (Å²) in [6.45, 7) is 8.14. The molecule has 0 bridgehead atoms. The van der Waals surface area contributed by atoms with Gasteiger partial charge in [0.1, 0.15) is 5.70 Å². The molecule has 0 radical (unpaired) electrons. The van der Waals surface area contributed by atoms with Crippen molar-refractivity contribution in [3.63, 3.8) is 0 Å². The van der Waals surface area contributed by atoms with Gasteiger partial charge in [-0.1, -0.05) is 6.92 Å². The summed E-state index contributed by atoms with van der Waals surface area (Å²) in [5, 5.41) is 10.9. The first-order valence-corrected chi connectivity index (χ1v) is 8.80. The number of piperazine rings is 1. The van der Waals surface area contributed by atoms with Gasteiger partial charge in [0.15, 0.2) is 0 Å². The molecule has 3 rings (SSSR count). The monoisotopic (exact) mass is 358 g/mol. The van der Waals surface area contributed by atoms with Gasteiger partial charge in [-0.2, -0.15) is 0 Å². The van der Waals surface area contributed by atoms with Crippen molar-refractivity contribution in [3.8, 4) is 0 Å². The minimum Gasteiger partial charge on any atom is -0.364 e. The number of likely N-dealkylation sites (N-methyl/N-ethyl adjacent to an activating group) is 2. The third-order valence-electron chi connectivity index (χ3n) is 4.96. The first-order chi connectivity index (χ1) is 12.5. The Balaban J connectivity index is 2.00. The number of carbonyl (C=O) groups is 2. The number of carbonyl (C=O) groups excluding carboxylic acids is 2. The molecule has 2 aliphatic rings. The Kier molecular flexibility index (Phi) is 5.03. The number of nitrogens with zero attached hydrogens (tertiary/aromatic N) is 4. The molecule has 2 aliphatic heterocycles. The van der Waals surface area contributed by atoms with E-state index in [1.165, 1.54) is 17.0 Å². The van der Waals surface area contributed by atoms with Crippen LogP contribution < -0.4 is 0 Å². The zero-order valence-electron chi connectivity index (χ0n) is 15.0. The highest BCUT2D eigenvalue weighted by atomic mass is 16.6. The molecule has 0 N–H and O–H groups in total. The van der Waals surface area contributed by atoms with E-state index in [2.05, 4.69) is 11.8 Å². The van der Waals surface area contributed by atoms with E-state index < -0.39 is 4.92 Å². The summed E-state index contributed by atoms with van der Waals surface area (Å²) in [6.07, 6.45) is 0. The average Bonchev–Trinajstić information content (AvgIpc) is 2.91. The van der Waals surface area contributed by atoms with Gasteiger partial charge in [0.05, 0.1) is 10.5 Å². The number of non-ortho nitro benzene ring substituents is 1. The smallest absolute Gasteiger partial charge is 0.277 e. The number of benzene rings is 1. The molecule has 0 unspecified atom stereocenters. The molecule has 2 amide bonds. The first kappa shape index (κ1) is 18.1. The third kappa shape index (κ3) is 3.08. The lowest BCUT2D eigenvalue weighted by Gasteiger charge is -2.35. The minimum atomic E-state index is -0.483. The van der Waals surface area contributed by atoms with Crippen LogP contribution in [-0.2, 0) is 9.59 Å². The highest BCUT2D eigenvalue weighted by Crippen LogP contribution is 2.32. The zero-order valence-corrected chi connectivity index (χ0v) is 15.0. The van der Waals surface area contributed by atoms with Gasteiger partial charge >= 0.3 is 0 Å². The Morgan fingerprint density at radius 2 is 1.58 bits per heavy atom. The summed E-state index contributed by atoms with van der Waals surface area (Å²) in [5.74, 6) is -0.616. The molecule has 8 nitrogen and oxygen atoms in total. The van der Waals surface area contributed by atoms with Crippen LogP contribution in [0.3, 0.4) is 0 Å². The van der Waals surface area contributed by atoms with Crippen molar-refractivity contribution in [2.24, 2.45) is 0 Å². The van der Waals surface area contributed by atoms with Crippen LogP contribution in [0.1, 0.15) is 19.4 Å². The van der Waals surface area contributed by atoms with Gasteiger partial charge in [0.25, 0.3) is 17.5 Å². The molecule has 26 heavy (non-hydrogen) atoms. The van der Waals surface area contributed by atoms with E-state index in [0.29, 0.717) is 36.5 Å². The van der Waals surface area contributed by atoms with E-state index in [9.17, 15) is 19.7 Å². The lowest BCUT2D eigenvalue weighted by molar-refractivity contribution is -0.384. The Morgan fingerprint density at radius 3 is 2.08 bits per heavy atom. The van der Waals surface area contributed by atoms with Crippen LogP contribution in [0.25, 0.3) is 5.57 Å². The Labute approximate surface area is 151 Å². The van der Waals surface area contributed by atoms with Crippen molar-refractivity contribution in [3.05, 3.63) is 45.6 Å². The number of hydrogen-bond donors (Lipinski definition) is 0. The van der Waals surface area contributed by atoms with Gasteiger partial charge in [0.2, 0.25) is 0 Å². The minimum absolute atomic E-state index is 0.0448. The van der Waals surface area contributed by atoms with Gasteiger partial charge in [-0.15, -0.1) is 0 Å². The zero-order chi connectivity index (χ0) is 18.8. The standard InChI is InChI=1S/C18H22N4O4/c1-3-19-9-11-20(12-10-19)16-15(17(23)21(4-2)18(16)24)13-5-7-14(8-6-13)22(25)26/h5-8H,3-4,9-12H2,1-2H3. The molecule has 1 aromatic carbocycles. The molecular weight excluding hydrogens is 336 g/mol. The highest BCUT2D eigenvalue weighted by Gasteiger charge is 2.41. The summed E-state index contributed by atoms with van der Waals surface area (Å²) in [7, 11) is 0. The van der Waals surface area contributed by atoms with E-state index in [4.69, 9.17) is 0 Å². The normalized spacial score (nSPS) is 18.8. The van der Waals surface area contributed by atoms with Gasteiger partial charge in [-0.05, 0) is 31.2 Å². The molecule has 0 spiro atoms. The van der Waals surface area contributed by atoms with Crippen molar-refractivity contribution in [1.29, 1.82) is 0 Å². The summed E-state index contributed by atoms with van der Waals surface area (Å²) in [4.78, 5) is 41.5. The fraction of sp³-hybridized carbons (Fsp3) is 0.444. The fourth-order valence-corrected chi connectivity index (χ4v) is 3.44. The lowest BCUT2D eigenvalue weighted by Crippen LogP contribution is -2.47. The molecule has 2 heterocycles. The summed E-state index contributed by atoms with van der Waals surface area (Å²) >= 11 is 0. The van der Waals surface area contributed by atoms with Gasteiger partial charge in [-0.3, -0.25) is 24.6 Å². The number of imide groups is 1. The highest BCUT2D eigenvalue weighted by molar-refractivity contribution is 6.35. The molecule has 1 aromatic rings. The number of nitro benzene ring substituents is 1. The molecular formula is C18H22N4O4. The van der Waals surface area contributed by atoms with E-state index >= 15 is 0 Å². The Hall–Kier alpha value is -2.74. The van der Waals surface area contributed by atoms with Crippen LogP contribution in [0.15, 0.2) is 30.0 Å². The second-order valence-electron chi connectivity index (χ2n) is 6.30. The number of amides is 2. The van der Waals surface area contributed by atoms with Crippen molar-refractivity contribution in [1.82, 2.24) is 14.7 Å². The molecule has 0 saturated carbocycles. The molecule has 1 saturated heterocycles. The Morgan fingerprint density at radius 1 is 0.962 bits per heavy atom. The van der Waals surface area contributed by atoms with Gasteiger partial charge in [0, 0.05) is 44.9 Å². The lowest BCUT2D eigenvalue weighted by atomic mass is 10.0. The largest absolute Gasteiger partial charge is 0.364 e. The SMILES string of the molecule is CCN1CCN(C2=C(c3ccc([N+](=O)[O-])cc3)C(=O)N(CC)C2=O)CC1. The van der Waals surface area contributed by atoms with E-state index in [1.54, 1.807) is 19.1 Å². The molecule has 0 aromatic heterocycles. The summed E-state index contributed by atoms with van der Waals surface area (Å²) < 4.78 is 0. The fourth-order valence-electron chi connectivity index (χ4n) is 3.44. The predicted octanol–water partition coefficient (Wildman–Crippen LogP) is 1.33. The van der Waals surface area contributed by atoms with E-state index in [-0.39, 0.29) is 17.5 Å². The molecule has 0 aliphatic carbocycles. The number of hydrogen-bond acceptors (Lipinski definition) is 6. The summed E-state index contributed by atoms with van der Waals surface area (Å²) in [5.41, 5.74) is 1.26. The van der Waals surface area contributed by atoms with Crippen molar-refractivity contribution in [2.45, 2.75) is 13.8 Å². The molecule has 0 atom stereocenters. The topological polar surface area (TPSA) is 87.0 Å². The maximum atomic E-state index is 12.8. The van der Waals surface area contributed by atoms with Crippen LogP contribution in [0.5, 0.6) is 0 Å². The van der Waals surface area contributed by atoms with Crippen LogP contribution in [-0.4, -0.2) is 70.7 Å². The average molecular weight is 358 g/mol. The number of nitro groups is 1. The predicted molar refractivity (Wildman–Crippen MR) is 96.1 cm³/mol. The maximum absolute atomic E-state index is 12.8. The quantitative estimate of drug-likeness (QED) is 0.448. The first-order valence-electron chi connectivity index (χ1n) is 8.80. The van der Waals surface area contributed by atoms with Gasteiger partial charge < -0.3 is 9.80 Å². The summed E-state index contributed by atoms with van der Waals surface area (Å²) in [6, 6.07) is 5.81. The third-order valence-corrected chi connectivity index (χ3v) is 4.96. The van der Waals surface area contributed by atoms with Crippen LogP contribution in [0, 0.1) is 10.1 Å². The van der Waals surface area contributed by atoms with E-state index in [1.807, 2.05) is 4.90 Å².